The zero-order valence-corrected chi connectivity index (χ0v) is 15.7. The Morgan fingerprint density at radius 3 is 2.56 bits per heavy atom. The number of amides is 1. The smallest absolute Gasteiger partial charge is 0.271 e. The molecule has 0 saturated carbocycles. The van der Waals surface area contributed by atoms with Crippen molar-refractivity contribution in [3.63, 3.8) is 0 Å². The number of carbonyl (C=O) groups excluding carboxylic acids is 1. The number of carbonyl (C=O) groups is 1. The van der Waals surface area contributed by atoms with E-state index in [1.165, 1.54) is 36.4 Å². The maximum absolute atomic E-state index is 13.0. The van der Waals surface area contributed by atoms with Gasteiger partial charge < -0.3 is 15.5 Å². The first-order valence-electron chi connectivity index (χ1n) is 8.71. The van der Waals surface area contributed by atoms with Crippen LogP contribution >= 0.6 is 12.4 Å². The minimum atomic E-state index is -0.403. The van der Waals surface area contributed by atoms with Crippen molar-refractivity contribution in [2.24, 2.45) is 0 Å². The number of benzene rings is 1. The van der Waals surface area contributed by atoms with Crippen molar-refractivity contribution < 1.29 is 9.18 Å². The fraction of sp³-hybridized carbons (Fsp3) is 0.389. The molecule has 0 radical (unpaired) electrons. The second kappa shape index (κ2) is 10.1. The lowest BCUT2D eigenvalue weighted by molar-refractivity contribution is 0.0944. The summed E-state index contributed by atoms with van der Waals surface area (Å²) in [6, 6.07) is 8.05. The van der Waals surface area contributed by atoms with E-state index in [0.717, 1.165) is 43.8 Å². The first kappa shape index (κ1) is 21.0. The van der Waals surface area contributed by atoms with Crippen molar-refractivity contribution in [3.05, 3.63) is 58.3 Å². The molecule has 1 fully saturated rings. The van der Waals surface area contributed by atoms with Gasteiger partial charge in [-0.1, -0.05) is 0 Å². The van der Waals surface area contributed by atoms with Crippen LogP contribution in [-0.2, 0) is 0 Å². The Bertz CT molecular complexity index is 806. The number of piperazine rings is 1. The van der Waals surface area contributed by atoms with Crippen LogP contribution in [0.15, 0.2) is 41.2 Å². The number of nitrogens with zero attached hydrogens (tertiary/aromatic N) is 3. The summed E-state index contributed by atoms with van der Waals surface area (Å²) in [5.74, 6) is -0.735. The van der Waals surface area contributed by atoms with Gasteiger partial charge in [-0.05, 0) is 43.3 Å². The SMILES string of the molecule is Cl.O=C(NCCCN1CCNCC1)c1ccc(=O)n(-c2ccc(F)cc2)n1. The first-order chi connectivity index (χ1) is 12.6. The van der Waals surface area contributed by atoms with E-state index in [4.69, 9.17) is 0 Å². The molecule has 1 aromatic heterocycles. The van der Waals surface area contributed by atoms with Gasteiger partial charge in [0, 0.05) is 38.8 Å². The molecule has 0 aliphatic carbocycles. The maximum Gasteiger partial charge on any atom is 0.271 e. The van der Waals surface area contributed by atoms with E-state index >= 15 is 0 Å². The van der Waals surface area contributed by atoms with Crippen molar-refractivity contribution >= 4 is 18.3 Å². The Labute approximate surface area is 163 Å². The van der Waals surface area contributed by atoms with Crippen molar-refractivity contribution in [2.45, 2.75) is 6.42 Å². The Morgan fingerprint density at radius 1 is 1.15 bits per heavy atom. The monoisotopic (exact) mass is 395 g/mol. The highest BCUT2D eigenvalue weighted by molar-refractivity contribution is 5.92. The van der Waals surface area contributed by atoms with Gasteiger partial charge in [-0.25, -0.2) is 4.39 Å². The molecule has 9 heteroatoms. The van der Waals surface area contributed by atoms with Crippen molar-refractivity contribution in [1.82, 2.24) is 25.3 Å². The van der Waals surface area contributed by atoms with E-state index in [1.54, 1.807) is 0 Å². The molecule has 27 heavy (non-hydrogen) atoms. The Kier molecular flexibility index (Phi) is 7.90. The number of halogens is 2. The zero-order valence-electron chi connectivity index (χ0n) is 14.9. The summed E-state index contributed by atoms with van der Waals surface area (Å²) in [4.78, 5) is 26.6. The van der Waals surface area contributed by atoms with Crippen molar-refractivity contribution in [1.29, 1.82) is 0 Å². The molecule has 1 saturated heterocycles. The van der Waals surface area contributed by atoms with E-state index < -0.39 is 5.82 Å². The van der Waals surface area contributed by atoms with Crippen LogP contribution in [0.2, 0.25) is 0 Å². The predicted molar refractivity (Wildman–Crippen MR) is 103 cm³/mol. The summed E-state index contributed by atoms with van der Waals surface area (Å²) >= 11 is 0. The molecule has 2 aromatic rings. The number of rotatable bonds is 6. The van der Waals surface area contributed by atoms with E-state index in [2.05, 4.69) is 20.6 Å². The van der Waals surface area contributed by atoms with E-state index in [0.29, 0.717) is 12.2 Å². The van der Waals surface area contributed by atoms with Crippen LogP contribution in [0.25, 0.3) is 5.69 Å². The lowest BCUT2D eigenvalue weighted by Gasteiger charge is -2.27. The molecule has 1 aromatic carbocycles. The number of aromatic nitrogens is 2. The van der Waals surface area contributed by atoms with Crippen LogP contribution in [0.3, 0.4) is 0 Å². The van der Waals surface area contributed by atoms with Crippen LogP contribution in [0, 0.1) is 5.82 Å². The molecule has 146 valence electrons. The third-order valence-corrected chi connectivity index (χ3v) is 4.25. The molecule has 1 aliphatic heterocycles. The predicted octanol–water partition coefficient (Wildman–Crippen LogP) is 0.818. The van der Waals surface area contributed by atoms with Gasteiger partial charge in [0.2, 0.25) is 0 Å². The number of hydrogen-bond donors (Lipinski definition) is 2. The molecule has 7 nitrogen and oxygen atoms in total. The van der Waals surface area contributed by atoms with Gasteiger partial charge in [0.25, 0.3) is 11.5 Å². The highest BCUT2D eigenvalue weighted by Gasteiger charge is 2.12. The fourth-order valence-corrected chi connectivity index (χ4v) is 2.83. The molecule has 0 atom stereocenters. The van der Waals surface area contributed by atoms with Gasteiger partial charge in [0.15, 0.2) is 0 Å². The van der Waals surface area contributed by atoms with Crippen molar-refractivity contribution in [3.8, 4) is 5.69 Å². The zero-order chi connectivity index (χ0) is 18.4. The summed E-state index contributed by atoms with van der Waals surface area (Å²) in [5, 5.41) is 10.2. The minimum Gasteiger partial charge on any atom is -0.351 e. The molecule has 1 amide bonds. The second-order valence-electron chi connectivity index (χ2n) is 6.15. The highest BCUT2D eigenvalue weighted by atomic mass is 35.5. The van der Waals surface area contributed by atoms with Gasteiger partial charge in [-0.2, -0.15) is 9.78 Å². The molecule has 0 unspecified atom stereocenters. The van der Waals surface area contributed by atoms with E-state index in [1.807, 2.05) is 0 Å². The summed E-state index contributed by atoms with van der Waals surface area (Å²) in [5.41, 5.74) is 0.174. The average molecular weight is 396 g/mol. The summed E-state index contributed by atoms with van der Waals surface area (Å²) in [7, 11) is 0. The largest absolute Gasteiger partial charge is 0.351 e. The molecule has 3 rings (SSSR count). The summed E-state index contributed by atoms with van der Waals surface area (Å²) in [6.07, 6.45) is 0.851. The molecular weight excluding hydrogens is 373 g/mol. The maximum atomic E-state index is 13.0. The quantitative estimate of drug-likeness (QED) is 0.708. The number of nitrogens with one attached hydrogen (secondary N) is 2. The summed E-state index contributed by atoms with van der Waals surface area (Å²) in [6.45, 7) is 5.53. The van der Waals surface area contributed by atoms with Crippen LogP contribution in [-0.4, -0.2) is 59.9 Å². The van der Waals surface area contributed by atoms with E-state index in [9.17, 15) is 14.0 Å². The van der Waals surface area contributed by atoms with Gasteiger partial charge in [-0.3, -0.25) is 9.59 Å². The third kappa shape index (κ3) is 5.85. The third-order valence-electron chi connectivity index (χ3n) is 4.25. The van der Waals surface area contributed by atoms with Crippen LogP contribution in [0.5, 0.6) is 0 Å². The first-order valence-corrected chi connectivity index (χ1v) is 8.71. The molecule has 2 N–H and O–H groups in total. The van der Waals surface area contributed by atoms with Gasteiger partial charge in [0.1, 0.15) is 11.5 Å². The lowest BCUT2D eigenvalue weighted by Crippen LogP contribution is -2.44. The molecule has 2 heterocycles. The fourth-order valence-electron chi connectivity index (χ4n) is 2.83. The van der Waals surface area contributed by atoms with Gasteiger partial charge >= 0.3 is 0 Å². The van der Waals surface area contributed by atoms with Gasteiger partial charge in [-0.15, -0.1) is 12.4 Å². The normalized spacial score (nSPS) is 14.4. The average Bonchev–Trinajstić information content (AvgIpc) is 2.67. The van der Waals surface area contributed by atoms with Gasteiger partial charge in [0.05, 0.1) is 5.69 Å². The Hall–Kier alpha value is -2.29. The second-order valence-corrected chi connectivity index (χ2v) is 6.15. The molecule has 0 bridgehead atoms. The topological polar surface area (TPSA) is 79.3 Å². The highest BCUT2D eigenvalue weighted by Crippen LogP contribution is 2.06. The van der Waals surface area contributed by atoms with E-state index in [-0.39, 0.29) is 29.6 Å². The Morgan fingerprint density at radius 2 is 1.85 bits per heavy atom. The van der Waals surface area contributed by atoms with Crippen molar-refractivity contribution in [2.75, 3.05) is 39.3 Å². The molecule has 0 spiro atoms. The number of hydrogen-bond acceptors (Lipinski definition) is 5. The Balaban J connectivity index is 0.00000261. The van der Waals surface area contributed by atoms with Crippen LogP contribution in [0.4, 0.5) is 4.39 Å². The standard InChI is InChI=1S/C18H22FN5O2.ClH/c19-14-2-4-15(5-3-14)24-17(25)7-6-16(22-24)18(26)21-8-1-11-23-12-9-20-10-13-23;/h2-7,20H,1,8-13H2,(H,21,26);1H. The lowest BCUT2D eigenvalue weighted by atomic mass is 10.3. The molecular formula is C18H23ClFN5O2. The minimum absolute atomic E-state index is 0. The van der Waals surface area contributed by atoms with Crippen LogP contribution in [0.1, 0.15) is 16.9 Å². The van der Waals surface area contributed by atoms with Crippen LogP contribution < -0.4 is 16.2 Å². The molecule has 1 aliphatic rings. The summed E-state index contributed by atoms with van der Waals surface area (Å²) < 4.78 is 14.1.